The van der Waals surface area contributed by atoms with Crippen molar-refractivity contribution < 1.29 is 18.3 Å². The maximum Gasteiger partial charge on any atom is 0.413 e. The van der Waals surface area contributed by atoms with E-state index in [0.717, 1.165) is 0 Å². The Balaban J connectivity index is 3.52. The molecule has 1 nitrogen and oxygen atoms in total. The van der Waals surface area contributed by atoms with Crippen LogP contribution in [0, 0.1) is 0 Å². The molecule has 0 bridgehead atoms. The van der Waals surface area contributed by atoms with Crippen LogP contribution in [-0.4, -0.2) is 28.4 Å². The lowest BCUT2D eigenvalue weighted by atomic mass is 10.8. The molecule has 0 saturated heterocycles. The first-order valence-electron chi connectivity index (χ1n) is 2.41. The predicted molar refractivity (Wildman–Crippen MR) is 35.2 cm³/mol. The Bertz CT molecular complexity index is 97.0. The van der Waals surface area contributed by atoms with Gasteiger partial charge < -0.3 is 5.11 Å². The van der Waals surface area contributed by atoms with Gasteiger partial charge in [-0.05, 0) is 0 Å². The van der Waals surface area contributed by atoms with Crippen molar-refractivity contribution in [1.82, 2.24) is 0 Å². The number of alkyl halides is 4. The molecule has 0 aliphatic heterocycles. The topological polar surface area (TPSA) is 20.2 Å². The molecule has 0 saturated carbocycles. The van der Waals surface area contributed by atoms with Crippen LogP contribution in [0.5, 0.6) is 0 Å². The monoisotopic (exact) mass is 194 g/mol. The second kappa shape index (κ2) is 4.31. The second-order valence-corrected chi connectivity index (χ2v) is 3.36. The number of rotatable bonds is 3. The number of aliphatic hydroxyl groups is 1. The summed E-state index contributed by atoms with van der Waals surface area (Å²) in [6, 6.07) is 0. The maximum atomic E-state index is 11.5. The molecule has 0 radical (unpaired) electrons. The minimum absolute atomic E-state index is 0.00762. The van der Waals surface area contributed by atoms with E-state index < -0.39 is 10.9 Å². The van der Waals surface area contributed by atoms with Gasteiger partial charge in [-0.25, -0.2) is 0 Å². The third-order valence-corrected chi connectivity index (χ3v) is 2.22. The van der Waals surface area contributed by atoms with Crippen molar-refractivity contribution >= 4 is 23.4 Å². The molecule has 6 heteroatoms. The van der Waals surface area contributed by atoms with Gasteiger partial charge in [0.15, 0.2) is 4.71 Å². The predicted octanol–water partition coefficient (Wildman–Crippen LogP) is 1.84. The largest absolute Gasteiger partial charge is 0.413 e. The van der Waals surface area contributed by atoms with Crippen molar-refractivity contribution in [3.8, 4) is 0 Å². The molecular formula is C4H6ClF3OS. The Labute approximate surface area is 65.6 Å². The highest BCUT2D eigenvalue weighted by molar-refractivity contribution is 8.01. The Morgan fingerprint density at radius 1 is 1.50 bits per heavy atom. The molecule has 0 heterocycles. The van der Waals surface area contributed by atoms with Crippen LogP contribution >= 0.6 is 23.4 Å². The molecule has 0 aromatic rings. The first kappa shape index (κ1) is 10.4. The molecule has 0 aliphatic carbocycles. The summed E-state index contributed by atoms with van der Waals surface area (Å²) in [5, 5.41) is 8.13. The van der Waals surface area contributed by atoms with Crippen molar-refractivity contribution in [1.29, 1.82) is 0 Å². The van der Waals surface area contributed by atoms with Gasteiger partial charge in [-0.1, -0.05) is 0 Å². The summed E-state index contributed by atoms with van der Waals surface area (Å²) in [7, 11) is 0. The van der Waals surface area contributed by atoms with E-state index in [2.05, 4.69) is 0 Å². The van der Waals surface area contributed by atoms with Gasteiger partial charge in [-0.3, -0.25) is 0 Å². The van der Waals surface area contributed by atoms with E-state index >= 15 is 0 Å². The van der Waals surface area contributed by atoms with Crippen molar-refractivity contribution in [3.63, 3.8) is 0 Å². The molecule has 0 spiro atoms. The van der Waals surface area contributed by atoms with Crippen molar-refractivity contribution in [2.24, 2.45) is 0 Å². The molecule has 0 aromatic heterocycles. The van der Waals surface area contributed by atoms with Gasteiger partial charge in [-0.2, -0.15) is 13.2 Å². The van der Waals surface area contributed by atoms with E-state index in [0.29, 0.717) is 11.8 Å². The number of hydrogen-bond acceptors (Lipinski definition) is 2. The maximum absolute atomic E-state index is 11.5. The van der Waals surface area contributed by atoms with Gasteiger partial charge in [-0.15, -0.1) is 23.4 Å². The zero-order valence-electron chi connectivity index (χ0n) is 4.86. The van der Waals surface area contributed by atoms with Crippen LogP contribution in [0.1, 0.15) is 0 Å². The van der Waals surface area contributed by atoms with E-state index in [-0.39, 0.29) is 12.4 Å². The van der Waals surface area contributed by atoms with Crippen LogP contribution in [0.3, 0.4) is 0 Å². The molecule has 10 heavy (non-hydrogen) atoms. The van der Waals surface area contributed by atoms with Crippen molar-refractivity contribution in [3.05, 3.63) is 0 Å². The van der Waals surface area contributed by atoms with Gasteiger partial charge in [0, 0.05) is 5.75 Å². The summed E-state index contributed by atoms with van der Waals surface area (Å²) < 4.78 is 32.7. The van der Waals surface area contributed by atoms with Crippen LogP contribution in [-0.2, 0) is 0 Å². The molecule has 0 aromatic carbocycles. The Morgan fingerprint density at radius 3 is 2.30 bits per heavy atom. The lowest BCUT2D eigenvalue weighted by Gasteiger charge is -2.11. The van der Waals surface area contributed by atoms with E-state index in [4.69, 9.17) is 16.7 Å². The zero-order valence-corrected chi connectivity index (χ0v) is 6.43. The standard InChI is InChI=1S/C4H6ClF3OS/c5-3(4(6,7)8)10-2-1-9/h3,9H,1-2H2/t3-/m1/s1. The molecule has 0 unspecified atom stereocenters. The fourth-order valence-electron chi connectivity index (χ4n) is 0.251. The highest BCUT2D eigenvalue weighted by atomic mass is 35.5. The minimum atomic E-state index is -4.37. The number of aliphatic hydroxyl groups excluding tert-OH is 1. The highest BCUT2D eigenvalue weighted by Gasteiger charge is 2.38. The number of hydrogen-bond donors (Lipinski definition) is 1. The fourth-order valence-corrected chi connectivity index (χ4v) is 1.02. The quantitative estimate of drug-likeness (QED) is 0.692. The lowest BCUT2D eigenvalue weighted by Crippen LogP contribution is -2.20. The summed E-state index contributed by atoms with van der Waals surface area (Å²) in [6.45, 7) is -0.288. The molecule has 62 valence electrons. The van der Waals surface area contributed by atoms with E-state index in [1.807, 2.05) is 0 Å². The molecular weight excluding hydrogens is 189 g/mol. The molecule has 0 amide bonds. The first-order valence-corrected chi connectivity index (χ1v) is 3.90. The van der Waals surface area contributed by atoms with Crippen LogP contribution < -0.4 is 0 Å². The third kappa shape index (κ3) is 4.24. The van der Waals surface area contributed by atoms with E-state index in [1.165, 1.54) is 0 Å². The normalized spacial score (nSPS) is 15.3. The summed E-state index contributed by atoms with van der Waals surface area (Å²) in [5.74, 6) is 0.00762. The molecule has 0 fully saturated rings. The van der Waals surface area contributed by atoms with Gasteiger partial charge in [0.25, 0.3) is 0 Å². The summed E-state index contributed by atoms with van der Waals surface area (Å²) in [6.07, 6.45) is -4.37. The highest BCUT2D eigenvalue weighted by Crippen LogP contribution is 2.32. The molecule has 0 rings (SSSR count). The number of halogens is 4. The SMILES string of the molecule is OCCS[C@@H](Cl)C(F)(F)F. The first-order chi connectivity index (χ1) is 4.48. The van der Waals surface area contributed by atoms with Crippen LogP contribution in [0.15, 0.2) is 0 Å². The van der Waals surface area contributed by atoms with Gasteiger partial charge in [0.2, 0.25) is 0 Å². The van der Waals surface area contributed by atoms with E-state index in [9.17, 15) is 13.2 Å². The number of thioether (sulfide) groups is 1. The molecule has 0 aliphatic rings. The Morgan fingerprint density at radius 2 is 2.00 bits per heavy atom. The summed E-state index contributed by atoms with van der Waals surface area (Å²) in [5.41, 5.74) is 0. The average molecular weight is 195 g/mol. The Kier molecular flexibility index (Phi) is 4.47. The van der Waals surface area contributed by atoms with Gasteiger partial charge in [0.1, 0.15) is 0 Å². The smallest absolute Gasteiger partial charge is 0.396 e. The van der Waals surface area contributed by atoms with Crippen LogP contribution in [0.4, 0.5) is 13.2 Å². The van der Waals surface area contributed by atoms with Gasteiger partial charge in [0.05, 0.1) is 6.61 Å². The third-order valence-electron chi connectivity index (χ3n) is 0.613. The summed E-state index contributed by atoms with van der Waals surface area (Å²) >= 11 is 5.34. The fraction of sp³-hybridized carbons (Fsp3) is 1.00. The van der Waals surface area contributed by atoms with Crippen molar-refractivity contribution in [2.45, 2.75) is 10.9 Å². The van der Waals surface area contributed by atoms with Crippen molar-refractivity contribution in [2.75, 3.05) is 12.4 Å². The molecule has 1 N–H and O–H groups in total. The average Bonchev–Trinajstić information content (AvgIpc) is 1.80. The Hall–Kier alpha value is 0.390. The van der Waals surface area contributed by atoms with Crippen LogP contribution in [0.2, 0.25) is 0 Å². The summed E-state index contributed by atoms with van der Waals surface area (Å²) in [4.78, 5) is 0. The van der Waals surface area contributed by atoms with Crippen LogP contribution in [0.25, 0.3) is 0 Å². The van der Waals surface area contributed by atoms with E-state index in [1.54, 1.807) is 0 Å². The minimum Gasteiger partial charge on any atom is -0.396 e. The lowest BCUT2D eigenvalue weighted by molar-refractivity contribution is -0.113. The zero-order chi connectivity index (χ0) is 8.20. The second-order valence-electron chi connectivity index (χ2n) is 1.45. The van der Waals surface area contributed by atoms with Gasteiger partial charge >= 0.3 is 6.18 Å². The molecule has 1 atom stereocenters.